The number of aromatic hydroxyl groups is 1. The van der Waals surface area contributed by atoms with Gasteiger partial charge >= 0.3 is 0 Å². The van der Waals surface area contributed by atoms with Crippen LogP contribution in [0.25, 0.3) is 0 Å². The van der Waals surface area contributed by atoms with E-state index >= 15 is 0 Å². The normalized spacial score (nSPS) is 10.3. The molecule has 5 heteroatoms. The van der Waals surface area contributed by atoms with E-state index in [2.05, 4.69) is 0 Å². The van der Waals surface area contributed by atoms with Crippen LogP contribution in [0.4, 0.5) is 0 Å². The highest BCUT2D eigenvalue weighted by molar-refractivity contribution is 6.33. The summed E-state index contributed by atoms with van der Waals surface area (Å²) in [6.07, 6.45) is 0. The first-order valence-electron chi connectivity index (χ1n) is 5.38. The van der Waals surface area contributed by atoms with Crippen molar-refractivity contribution in [2.75, 3.05) is 26.8 Å². The van der Waals surface area contributed by atoms with Crippen molar-refractivity contribution in [3.05, 3.63) is 28.8 Å². The van der Waals surface area contributed by atoms with Gasteiger partial charge in [-0.25, -0.2) is 0 Å². The summed E-state index contributed by atoms with van der Waals surface area (Å²) in [4.78, 5) is 13.5. The van der Waals surface area contributed by atoms with Crippen molar-refractivity contribution in [3.8, 4) is 5.75 Å². The van der Waals surface area contributed by atoms with Gasteiger partial charge in [0, 0.05) is 20.2 Å². The molecule has 0 heterocycles. The van der Waals surface area contributed by atoms with Crippen LogP contribution in [-0.4, -0.2) is 42.7 Å². The molecule has 0 aliphatic rings. The van der Waals surface area contributed by atoms with Gasteiger partial charge in [-0.05, 0) is 25.1 Å². The van der Waals surface area contributed by atoms with Crippen LogP contribution in [0.2, 0.25) is 5.02 Å². The third-order valence-electron chi connectivity index (χ3n) is 2.30. The number of carbonyl (C=O) groups excluding carboxylic acids is 1. The number of hydrogen-bond donors (Lipinski definition) is 1. The summed E-state index contributed by atoms with van der Waals surface area (Å²) in [6.45, 7) is 3.48. The van der Waals surface area contributed by atoms with E-state index < -0.39 is 0 Å². The quantitative estimate of drug-likeness (QED) is 0.823. The van der Waals surface area contributed by atoms with Crippen LogP contribution in [0.3, 0.4) is 0 Å². The highest BCUT2D eigenvalue weighted by Crippen LogP contribution is 2.22. The summed E-state index contributed by atoms with van der Waals surface area (Å²) in [7, 11) is 1.67. The van der Waals surface area contributed by atoms with Crippen LogP contribution >= 0.6 is 11.6 Å². The van der Waals surface area contributed by atoms with Crippen LogP contribution in [-0.2, 0) is 4.74 Å². The molecule has 0 aliphatic carbocycles. The SMILES string of the molecule is CCOCCN(C)C(=O)c1cc(O)ccc1Cl. The molecule has 0 saturated carbocycles. The lowest BCUT2D eigenvalue weighted by Gasteiger charge is -2.17. The van der Waals surface area contributed by atoms with Crippen molar-refractivity contribution in [1.82, 2.24) is 4.90 Å². The van der Waals surface area contributed by atoms with E-state index in [9.17, 15) is 9.90 Å². The first-order chi connectivity index (χ1) is 8.06. The number of hydrogen-bond acceptors (Lipinski definition) is 3. The van der Waals surface area contributed by atoms with Crippen molar-refractivity contribution >= 4 is 17.5 Å². The van der Waals surface area contributed by atoms with Gasteiger partial charge < -0.3 is 14.7 Å². The predicted molar refractivity (Wildman–Crippen MR) is 66.6 cm³/mol. The van der Waals surface area contributed by atoms with Crippen LogP contribution in [0.5, 0.6) is 5.75 Å². The minimum absolute atomic E-state index is 0.0240. The van der Waals surface area contributed by atoms with E-state index in [1.807, 2.05) is 6.92 Å². The van der Waals surface area contributed by atoms with Gasteiger partial charge in [0.1, 0.15) is 5.75 Å². The first kappa shape index (κ1) is 13.8. The van der Waals surface area contributed by atoms with Gasteiger partial charge in [-0.2, -0.15) is 0 Å². The Balaban J connectivity index is 2.71. The smallest absolute Gasteiger partial charge is 0.255 e. The van der Waals surface area contributed by atoms with Crippen molar-refractivity contribution < 1.29 is 14.6 Å². The van der Waals surface area contributed by atoms with Crippen LogP contribution in [0.15, 0.2) is 18.2 Å². The fraction of sp³-hybridized carbons (Fsp3) is 0.417. The molecule has 94 valence electrons. The zero-order valence-corrected chi connectivity index (χ0v) is 10.7. The Kier molecular flexibility index (Phi) is 5.25. The van der Waals surface area contributed by atoms with E-state index in [1.165, 1.54) is 23.1 Å². The highest BCUT2D eigenvalue weighted by Gasteiger charge is 2.15. The Morgan fingerprint density at radius 3 is 2.88 bits per heavy atom. The van der Waals surface area contributed by atoms with Gasteiger partial charge in [0.05, 0.1) is 17.2 Å². The van der Waals surface area contributed by atoms with Gasteiger partial charge in [-0.15, -0.1) is 0 Å². The molecule has 0 aromatic heterocycles. The number of ether oxygens (including phenoxy) is 1. The number of rotatable bonds is 5. The molecule has 17 heavy (non-hydrogen) atoms. The zero-order valence-electron chi connectivity index (χ0n) is 9.94. The lowest BCUT2D eigenvalue weighted by atomic mass is 10.2. The zero-order chi connectivity index (χ0) is 12.8. The number of nitrogens with zero attached hydrogens (tertiary/aromatic N) is 1. The molecular weight excluding hydrogens is 242 g/mol. The second-order valence-corrected chi connectivity index (χ2v) is 3.99. The minimum atomic E-state index is -0.231. The van der Waals surface area contributed by atoms with Gasteiger partial charge in [0.25, 0.3) is 5.91 Å². The minimum Gasteiger partial charge on any atom is -0.508 e. The molecule has 0 bridgehead atoms. The fourth-order valence-electron chi connectivity index (χ4n) is 1.33. The fourth-order valence-corrected chi connectivity index (χ4v) is 1.53. The van der Waals surface area contributed by atoms with E-state index in [1.54, 1.807) is 7.05 Å². The molecule has 1 amide bonds. The number of amides is 1. The van der Waals surface area contributed by atoms with E-state index in [0.29, 0.717) is 30.3 Å². The molecule has 0 atom stereocenters. The van der Waals surface area contributed by atoms with Crippen LogP contribution in [0.1, 0.15) is 17.3 Å². The van der Waals surface area contributed by atoms with Gasteiger partial charge in [0.2, 0.25) is 0 Å². The van der Waals surface area contributed by atoms with E-state index in [4.69, 9.17) is 16.3 Å². The third kappa shape index (κ3) is 3.91. The number of carbonyl (C=O) groups is 1. The lowest BCUT2D eigenvalue weighted by Crippen LogP contribution is -2.30. The molecule has 0 spiro atoms. The number of likely N-dealkylation sites (N-methyl/N-ethyl adjacent to an activating group) is 1. The van der Waals surface area contributed by atoms with Gasteiger partial charge in [-0.3, -0.25) is 4.79 Å². The van der Waals surface area contributed by atoms with Crippen LogP contribution in [0, 0.1) is 0 Å². The molecule has 0 saturated heterocycles. The standard InChI is InChI=1S/C12H16ClNO3/c1-3-17-7-6-14(2)12(16)10-8-9(15)4-5-11(10)13/h4-5,8,15H,3,6-7H2,1-2H3. The maximum absolute atomic E-state index is 12.0. The summed E-state index contributed by atoms with van der Waals surface area (Å²) in [5, 5.41) is 9.66. The maximum Gasteiger partial charge on any atom is 0.255 e. The van der Waals surface area contributed by atoms with Gasteiger partial charge in [0.15, 0.2) is 0 Å². The first-order valence-corrected chi connectivity index (χ1v) is 5.75. The number of benzene rings is 1. The molecule has 0 unspecified atom stereocenters. The Hall–Kier alpha value is -1.26. The highest BCUT2D eigenvalue weighted by atomic mass is 35.5. The van der Waals surface area contributed by atoms with Crippen molar-refractivity contribution in [2.45, 2.75) is 6.92 Å². The molecule has 4 nitrogen and oxygen atoms in total. The van der Waals surface area contributed by atoms with Crippen LogP contribution < -0.4 is 0 Å². The average Bonchev–Trinajstić information content (AvgIpc) is 2.31. The molecule has 1 N–H and O–H groups in total. The second kappa shape index (κ2) is 6.47. The third-order valence-corrected chi connectivity index (χ3v) is 2.63. The second-order valence-electron chi connectivity index (χ2n) is 3.59. The Morgan fingerprint density at radius 2 is 2.24 bits per heavy atom. The summed E-state index contributed by atoms with van der Waals surface area (Å²) < 4.78 is 5.17. The summed E-state index contributed by atoms with van der Waals surface area (Å²) >= 11 is 5.91. The maximum atomic E-state index is 12.0. The molecule has 0 radical (unpaired) electrons. The van der Waals surface area contributed by atoms with Crippen molar-refractivity contribution in [3.63, 3.8) is 0 Å². The van der Waals surface area contributed by atoms with Gasteiger partial charge in [-0.1, -0.05) is 11.6 Å². The molecular formula is C12H16ClNO3. The Labute approximate surface area is 106 Å². The average molecular weight is 258 g/mol. The van der Waals surface area contributed by atoms with Crippen molar-refractivity contribution in [1.29, 1.82) is 0 Å². The predicted octanol–water partition coefficient (Wildman–Crippen LogP) is 2.15. The molecule has 1 aromatic carbocycles. The summed E-state index contributed by atoms with van der Waals surface area (Å²) in [5.41, 5.74) is 0.297. The largest absolute Gasteiger partial charge is 0.508 e. The van der Waals surface area contributed by atoms with E-state index in [0.717, 1.165) is 0 Å². The Morgan fingerprint density at radius 1 is 1.53 bits per heavy atom. The molecule has 1 rings (SSSR count). The molecule has 0 aliphatic heterocycles. The topological polar surface area (TPSA) is 49.8 Å². The van der Waals surface area contributed by atoms with Crippen molar-refractivity contribution in [2.24, 2.45) is 0 Å². The lowest BCUT2D eigenvalue weighted by molar-refractivity contribution is 0.0710. The molecule has 1 aromatic rings. The monoisotopic (exact) mass is 257 g/mol. The molecule has 0 fully saturated rings. The van der Waals surface area contributed by atoms with E-state index in [-0.39, 0.29) is 11.7 Å². The summed E-state index contributed by atoms with van der Waals surface area (Å²) in [6, 6.07) is 4.31. The number of halogens is 1. The number of phenols is 1. The summed E-state index contributed by atoms with van der Waals surface area (Å²) in [5.74, 6) is -0.207. The number of phenolic OH excluding ortho intramolecular Hbond substituents is 1. The Bertz CT molecular complexity index is 395.